The van der Waals surface area contributed by atoms with Crippen LogP contribution in [0.2, 0.25) is 0 Å². The lowest BCUT2D eigenvalue weighted by molar-refractivity contribution is -0.115. The topological polar surface area (TPSA) is 87.2 Å². The van der Waals surface area contributed by atoms with Crippen LogP contribution in [0.15, 0.2) is 9.95 Å². The average molecular weight is 353 g/mol. The van der Waals surface area contributed by atoms with Crippen molar-refractivity contribution in [3.8, 4) is 0 Å². The smallest absolute Gasteiger partial charge is 0.262 e. The summed E-state index contributed by atoms with van der Waals surface area (Å²) < 4.78 is 7.46. The molecule has 1 amide bonds. The maximum Gasteiger partial charge on any atom is 0.262 e. The SMILES string of the molecule is CC[C@]1(C)Cc2c(sc3nc(SCC(N)=O)n(C)c(=O)c23)CO1. The van der Waals surface area contributed by atoms with Crippen molar-refractivity contribution in [1.82, 2.24) is 9.55 Å². The van der Waals surface area contributed by atoms with Gasteiger partial charge < -0.3 is 10.5 Å². The zero-order chi connectivity index (χ0) is 16.8. The standard InChI is InChI=1S/C15H19N3O3S2/c1-4-15(2)5-8-9(6-21-15)23-12-11(8)13(20)18(3)14(17-12)22-7-10(16)19/h4-7H2,1-3H3,(H2,16,19)/t15-/m1/s1. The largest absolute Gasteiger partial charge is 0.369 e. The van der Waals surface area contributed by atoms with Gasteiger partial charge in [-0.05, 0) is 18.9 Å². The van der Waals surface area contributed by atoms with Crippen molar-refractivity contribution in [3.63, 3.8) is 0 Å². The predicted molar refractivity (Wildman–Crippen MR) is 92.0 cm³/mol. The minimum Gasteiger partial charge on any atom is -0.369 e. The van der Waals surface area contributed by atoms with Crippen LogP contribution < -0.4 is 11.3 Å². The summed E-state index contributed by atoms with van der Waals surface area (Å²) in [6.45, 7) is 4.69. The Morgan fingerprint density at radius 2 is 2.30 bits per heavy atom. The number of fused-ring (bicyclic) bond motifs is 3. The van der Waals surface area contributed by atoms with Gasteiger partial charge in [0, 0.05) is 18.3 Å². The minimum atomic E-state index is -0.429. The summed E-state index contributed by atoms with van der Waals surface area (Å²) in [6.07, 6.45) is 1.62. The van der Waals surface area contributed by atoms with Gasteiger partial charge in [0.05, 0.1) is 23.3 Å². The van der Waals surface area contributed by atoms with Crippen molar-refractivity contribution < 1.29 is 9.53 Å². The number of hydrogen-bond acceptors (Lipinski definition) is 6. The molecular weight excluding hydrogens is 334 g/mol. The highest BCUT2D eigenvalue weighted by atomic mass is 32.2. The second-order valence-electron chi connectivity index (χ2n) is 5.97. The molecule has 3 rings (SSSR count). The molecular formula is C15H19N3O3S2. The van der Waals surface area contributed by atoms with Gasteiger partial charge in [0.1, 0.15) is 4.83 Å². The van der Waals surface area contributed by atoms with E-state index < -0.39 is 5.91 Å². The van der Waals surface area contributed by atoms with Crippen LogP contribution in [0.3, 0.4) is 0 Å². The molecule has 124 valence electrons. The van der Waals surface area contributed by atoms with E-state index in [9.17, 15) is 9.59 Å². The first kappa shape index (κ1) is 16.5. The Morgan fingerprint density at radius 1 is 1.57 bits per heavy atom. The van der Waals surface area contributed by atoms with E-state index >= 15 is 0 Å². The molecule has 3 heterocycles. The molecule has 0 unspecified atom stereocenters. The molecule has 0 saturated heterocycles. The maximum absolute atomic E-state index is 12.8. The monoisotopic (exact) mass is 353 g/mol. The maximum atomic E-state index is 12.8. The number of thioether (sulfide) groups is 1. The number of thiophene rings is 1. The molecule has 8 heteroatoms. The van der Waals surface area contributed by atoms with Gasteiger partial charge in [-0.2, -0.15) is 0 Å². The van der Waals surface area contributed by atoms with E-state index in [1.807, 2.05) is 0 Å². The molecule has 0 aromatic carbocycles. The van der Waals surface area contributed by atoms with E-state index in [0.29, 0.717) is 22.0 Å². The van der Waals surface area contributed by atoms with Gasteiger partial charge in [0.15, 0.2) is 5.16 Å². The van der Waals surface area contributed by atoms with Crippen LogP contribution in [0.25, 0.3) is 10.2 Å². The molecule has 2 aromatic rings. The molecule has 2 N–H and O–H groups in total. The highest BCUT2D eigenvalue weighted by Crippen LogP contribution is 2.38. The lowest BCUT2D eigenvalue weighted by Gasteiger charge is -2.32. The van der Waals surface area contributed by atoms with E-state index in [2.05, 4.69) is 18.8 Å². The molecule has 1 atom stereocenters. The van der Waals surface area contributed by atoms with E-state index in [4.69, 9.17) is 10.5 Å². The van der Waals surface area contributed by atoms with Gasteiger partial charge in [0.25, 0.3) is 5.56 Å². The molecule has 1 aliphatic rings. The molecule has 0 fully saturated rings. The summed E-state index contributed by atoms with van der Waals surface area (Å²) in [4.78, 5) is 30.1. The van der Waals surface area contributed by atoms with E-state index in [1.54, 1.807) is 7.05 Å². The summed E-state index contributed by atoms with van der Waals surface area (Å²) in [7, 11) is 1.68. The molecule has 1 aliphatic heterocycles. The van der Waals surface area contributed by atoms with Crippen LogP contribution in [0.4, 0.5) is 0 Å². The van der Waals surface area contributed by atoms with Gasteiger partial charge in [0.2, 0.25) is 5.91 Å². The molecule has 0 saturated carbocycles. The predicted octanol–water partition coefficient (Wildman–Crippen LogP) is 1.81. The van der Waals surface area contributed by atoms with Crippen molar-refractivity contribution >= 4 is 39.2 Å². The van der Waals surface area contributed by atoms with E-state index in [1.165, 1.54) is 27.7 Å². The van der Waals surface area contributed by atoms with Crippen LogP contribution in [0.1, 0.15) is 30.7 Å². The minimum absolute atomic E-state index is 0.0696. The van der Waals surface area contributed by atoms with Gasteiger partial charge in [-0.25, -0.2) is 4.98 Å². The number of primary amides is 1. The zero-order valence-electron chi connectivity index (χ0n) is 13.3. The molecule has 0 radical (unpaired) electrons. The number of nitrogens with two attached hydrogens (primary N) is 1. The Labute approximate surface area is 142 Å². The molecule has 0 bridgehead atoms. The lowest BCUT2D eigenvalue weighted by Crippen LogP contribution is -2.34. The first-order valence-corrected chi connectivity index (χ1v) is 9.21. The third-order valence-electron chi connectivity index (χ3n) is 4.27. The second kappa shape index (κ2) is 5.92. The summed E-state index contributed by atoms with van der Waals surface area (Å²) in [5.74, 6) is -0.324. The summed E-state index contributed by atoms with van der Waals surface area (Å²) in [5.41, 5.74) is 5.95. The summed E-state index contributed by atoms with van der Waals surface area (Å²) in [5, 5.41) is 1.21. The van der Waals surface area contributed by atoms with Crippen molar-refractivity contribution in [1.29, 1.82) is 0 Å². The van der Waals surface area contributed by atoms with Crippen LogP contribution >= 0.6 is 23.1 Å². The third kappa shape index (κ3) is 2.90. The van der Waals surface area contributed by atoms with Gasteiger partial charge in [-0.3, -0.25) is 14.2 Å². The van der Waals surface area contributed by atoms with Crippen LogP contribution in [-0.4, -0.2) is 26.8 Å². The first-order valence-electron chi connectivity index (χ1n) is 7.41. The Kier molecular flexibility index (Phi) is 4.24. The number of aromatic nitrogens is 2. The van der Waals surface area contributed by atoms with Crippen molar-refractivity contribution in [2.45, 2.75) is 44.1 Å². The number of nitrogens with zero attached hydrogens (tertiary/aromatic N) is 2. The molecule has 0 aliphatic carbocycles. The summed E-state index contributed by atoms with van der Waals surface area (Å²) in [6, 6.07) is 0. The Balaban J connectivity index is 2.12. The lowest BCUT2D eigenvalue weighted by atomic mass is 9.90. The fraction of sp³-hybridized carbons (Fsp3) is 0.533. The third-order valence-corrected chi connectivity index (χ3v) is 6.42. The van der Waals surface area contributed by atoms with Crippen LogP contribution in [0.5, 0.6) is 0 Å². The van der Waals surface area contributed by atoms with Crippen LogP contribution in [0, 0.1) is 0 Å². The molecule has 0 spiro atoms. The van der Waals surface area contributed by atoms with Crippen molar-refractivity contribution in [2.24, 2.45) is 12.8 Å². The quantitative estimate of drug-likeness (QED) is 0.669. The Hall–Kier alpha value is -1.38. The molecule has 23 heavy (non-hydrogen) atoms. The Morgan fingerprint density at radius 3 is 2.96 bits per heavy atom. The number of ether oxygens (including phenoxy) is 1. The number of hydrogen-bond donors (Lipinski definition) is 1. The fourth-order valence-corrected chi connectivity index (χ4v) is 4.53. The highest BCUT2D eigenvalue weighted by molar-refractivity contribution is 7.99. The van der Waals surface area contributed by atoms with Crippen LogP contribution in [-0.2, 0) is 29.6 Å². The van der Waals surface area contributed by atoms with Crippen molar-refractivity contribution in [3.05, 3.63) is 20.8 Å². The number of carbonyl (C=O) groups excluding carboxylic acids is 1. The number of carbonyl (C=O) groups is 1. The van der Waals surface area contributed by atoms with Crippen molar-refractivity contribution in [2.75, 3.05) is 5.75 Å². The average Bonchev–Trinajstić information content (AvgIpc) is 2.86. The van der Waals surface area contributed by atoms with Gasteiger partial charge in [-0.1, -0.05) is 18.7 Å². The Bertz CT molecular complexity index is 843. The summed E-state index contributed by atoms with van der Waals surface area (Å²) >= 11 is 2.69. The molecule has 6 nitrogen and oxygen atoms in total. The number of rotatable bonds is 4. The highest BCUT2D eigenvalue weighted by Gasteiger charge is 2.33. The molecule has 2 aromatic heterocycles. The van der Waals surface area contributed by atoms with Gasteiger partial charge >= 0.3 is 0 Å². The normalized spacial score (nSPS) is 20.7. The van der Waals surface area contributed by atoms with Gasteiger partial charge in [-0.15, -0.1) is 11.3 Å². The fourth-order valence-electron chi connectivity index (χ4n) is 2.67. The first-order chi connectivity index (χ1) is 10.8. The number of amides is 1. The second-order valence-corrected chi connectivity index (χ2v) is 7.99. The van der Waals surface area contributed by atoms with E-state index in [0.717, 1.165) is 23.3 Å². The van der Waals surface area contributed by atoms with E-state index in [-0.39, 0.29) is 16.9 Å². The zero-order valence-corrected chi connectivity index (χ0v) is 15.0.